The molecule has 1 rings (SSSR count). The molecule has 0 aliphatic rings. The third kappa shape index (κ3) is 1.92. The quantitative estimate of drug-likeness (QED) is 0.698. The van der Waals surface area contributed by atoms with Crippen molar-refractivity contribution in [2.75, 3.05) is 25.6 Å². The number of aryl methyl sites for hydroxylation is 1. The van der Waals surface area contributed by atoms with Crippen molar-refractivity contribution in [2.45, 2.75) is 20.0 Å². The Bertz CT molecular complexity index is 289. The van der Waals surface area contributed by atoms with Gasteiger partial charge in [-0.25, -0.2) is 4.68 Å². The van der Waals surface area contributed by atoms with E-state index < -0.39 is 0 Å². The normalized spacial score (nSPS) is 11.1. The average Bonchev–Trinajstić information content (AvgIpc) is 2.32. The Hall–Kier alpha value is -1.23. The summed E-state index contributed by atoms with van der Waals surface area (Å²) in [6.45, 7) is 3.47. The van der Waals surface area contributed by atoms with Crippen molar-refractivity contribution in [3.8, 4) is 0 Å². The zero-order chi connectivity index (χ0) is 10.0. The summed E-state index contributed by atoms with van der Waals surface area (Å²) in [5.41, 5.74) is 13.0. The predicted octanol–water partition coefficient (Wildman–Crippen LogP) is 0.129. The second-order valence-electron chi connectivity index (χ2n) is 3.30. The van der Waals surface area contributed by atoms with Crippen LogP contribution in [-0.2, 0) is 13.1 Å². The van der Waals surface area contributed by atoms with Crippen LogP contribution >= 0.6 is 0 Å². The van der Waals surface area contributed by atoms with Crippen LogP contribution in [0.15, 0.2) is 0 Å². The van der Waals surface area contributed by atoms with E-state index in [4.69, 9.17) is 11.5 Å². The van der Waals surface area contributed by atoms with Crippen molar-refractivity contribution in [2.24, 2.45) is 0 Å². The molecule has 4 N–H and O–H groups in total. The predicted molar refractivity (Wildman–Crippen MR) is 54.1 cm³/mol. The second-order valence-corrected chi connectivity index (χ2v) is 3.30. The van der Waals surface area contributed by atoms with Gasteiger partial charge in [-0.2, -0.15) is 5.10 Å². The molecule has 0 aliphatic carbocycles. The van der Waals surface area contributed by atoms with Crippen molar-refractivity contribution < 1.29 is 0 Å². The summed E-state index contributed by atoms with van der Waals surface area (Å²) in [6, 6.07) is 0. The van der Waals surface area contributed by atoms with E-state index in [0.717, 1.165) is 18.8 Å². The van der Waals surface area contributed by atoms with Crippen LogP contribution < -0.4 is 11.5 Å². The van der Waals surface area contributed by atoms with Gasteiger partial charge in [0.1, 0.15) is 11.5 Å². The number of nitrogens with zero attached hydrogens (tertiary/aromatic N) is 3. The minimum absolute atomic E-state index is 0.569. The van der Waals surface area contributed by atoms with Gasteiger partial charge in [-0.1, -0.05) is 0 Å². The Morgan fingerprint density at radius 2 is 2.00 bits per heavy atom. The lowest BCUT2D eigenvalue weighted by Gasteiger charge is -2.06. The number of hydrogen-bond acceptors (Lipinski definition) is 4. The lowest BCUT2D eigenvalue weighted by atomic mass is 10.3. The molecule has 0 fully saturated rings. The van der Waals surface area contributed by atoms with E-state index in [1.165, 1.54) is 0 Å². The number of anilines is 2. The fraction of sp³-hybridized carbons (Fsp3) is 0.625. The number of rotatable bonds is 3. The molecular weight excluding hydrogens is 166 g/mol. The highest BCUT2D eigenvalue weighted by Gasteiger charge is 2.11. The minimum Gasteiger partial charge on any atom is -0.394 e. The highest BCUT2D eigenvalue weighted by atomic mass is 15.3. The molecule has 1 heterocycles. The van der Waals surface area contributed by atoms with Crippen LogP contribution in [0.1, 0.15) is 12.6 Å². The SMILES string of the molecule is CCn1nc(CN(C)C)c(N)c1N. The zero-order valence-corrected chi connectivity index (χ0v) is 8.41. The first kappa shape index (κ1) is 9.85. The highest BCUT2D eigenvalue weighted by Crippen LogP contribution is 2.19. The third-order valence-corrected chi connectivity index (χ3v) is 1.87. The average molecular weight is 183 g/mol. The summed E-state index contributed by atoms with van der Waals surface area (Å²) in [5, 5.41) is 4.29. The summed E-state index contributed by atoms with van der Waals surface area (Å²) < 4.78 is 1.72. The Kier molecular flexibility index (Phi) is 2.77. The van der Waals surface area contributed by atoms with Gasteiger partial charge in [0.2, 0.25) is 0 Å². The van der Waals surface area contributed by atoms with Crippen LogP contribution in [0.3, 0.4) is 0 Å². The molecule has 0 bridgehead atoms. The van der Waals surface area contributed by atoms with E-state index in [0.29, 0.717) is 11.5 Å². The Balaban J connectivity index is 2.95. The van der Waals surface area contributed by atoms with Crippen molar-refractivity contribution >= 4 is 11.5 Å². The third-order valence-electron chi connectivity index (χ3n) is 1.87. The molecule has 13 heavy (non-hydrogen) atoms. The molecule has 0 atom stereocenters. The maximum atomic E-state index is 5.79. The standard InChI is InChI=1S/C8H17N5/c1-4-13-8(10)7(9)6(11-13)5-12(2)3/h4-5,9-10H2,1-3H3. The van der Waals surface area contributed by atoms with Crippen LogP contribution in [-0.4, -0.2) is 28.8 Å². The molecule has 0 saturated heterocycles. The molecular formula is C8H17N5. The van der Waals surface area contributed by atoms with E-state index in [9.17, 15) is 0 Å². The van der Waals surface area contributed by atoms with Crippen LogP contribution in [0.2, 0.25) is 0 Å². The first-order valence-corrected chi connectivity index (χ1v) is 4.31. The van der Waals surface area contributed by atoms with E-state index >= 15 is 0 Å². The van der Waals surface area contributed by atoms with Gasteiger partial charge in [0, 0.05) is 13.1 Å². The summed E-state index contributed by atoms with van der Waals surface area (Å²) in [7, 11) is 3.95. The molecule has 5 nitrogen and oxygen atoms in total. The molecule has 5 heteroatoms. The molecule has 1 aromatic heterocycles. The van der Waals surface area contributed by atoms with Gasteiger partial charge in [0.05, 0.1) is 5.69 Å². The summed E-state index contributed by atoms with van der Waals surface area (Å²) in [4.78, 5) is 2.01. The smallest absolute Gasteiger partial charge is 0.145 e. The topological polar surface area (TPSA) is 73.1 Å². The van der Waals surface area contributed by atoms with Crippen molar-refractivity contribution in [3.05, 3.63) is 5.69 Å². The van der Waals surface area contributed by atoms with Gasteiger partial charge in [-0.05, 0) is 21.0 Å². The Morgan fingerprint density at radius 3 is 2.38 bits per heavy atom. The fourth-order valence-corrected chi connectivity index (χ4v) is 1.20. The van der Waals surface area contributed by atoms with Crippen molar-refractivity contribution in [3.63, 3.8) is 0 Å². The number of nitrogens with two attached hydrogens (primary N) is 2. The maximum Gasteiger partial charge on any atom is 0.145 e. The lowest BCUT2D eigenvalue weighted by Crippen LogP contribution is -2.12. The van der Waals surface area contributed by atoms with Gasteiger partial charge in [-0.3, -0.25) is 0 Å². The second kappa shape index (κ2) is 3.66. The first-order valence-electron chi connectivity index (χ1n) is 4.31. The van der Waals surface area contributed by atoms with E-state index in [-0.39, 0.29) is 0 Å². The molecule has 0 amide bonds. The molecule has 0 saturated carbocycles. The molecule has 0 radical (unpaired) electrons. The van der Waals surface area contributed by atoms with Crippen LogP contribution in [0, 0.1) is 0 Å². The highest BCUT2D eigenvalue weighted by molar-refractivity contribution is 5.62. The molecule has 0 aliphatic heterocycles. The minimum atomic E-state index is 0.569. The first-order chi connectivity index (χ1) is 6.06. The van der Waals surface area contributed by atoms with Gasteiger partial charge < -0.3 is 16.4 Å². The summed E-state index contributed by atoms with van der Waals surface area (Å²) in [5.74, 6) is 0.569. The fourth-order valence-electron chi connectivity index (χ4n) is 1.20. The molecule has 1 aromatic rings. The van der Waals surface area contributed by atoms with E-state index in [1.54, 1.807) is 4.68 Å². The number of nitrogen functional groups attached to an aromatic ring is 2. The van der Waals surface area contributed by atoms with Crippen LogP contribution in [0.4, 0.5) is 11.5 Å². The van der Waals surface area contributed by atoms with Crippen LogP contribution in [0.25, 0.3) is 0 Å². The number of hydrogen-bond donors (Lipinski definition) is 2. The van der Waals surface area contributed by atoms with Crippen molar-refractivity contribution in [1.29, 1.82) is 0 Å². The summed E-state index contributed by atoms with van der Waals surface area (Å²) >= 11 is 0. The van der Waals surface area contributed by atoms with Crippen molar-refractivity contribution in [1.82, 2.24) is 14.7 Å². The van der Waals surface area contributed by atoms with Gasteiger partial charge in [0.15, 0.2) is 0 Å². The van der Waals surface area contributed by atoms with Gasteiger partial charge >= 0.3 is 0 Å². The van der Waals surface area contributed by atoms with E-state index in [2.05, 4.69) is 5.10 Å². The van der Waals surface area contributed by atoms with E-state index in [1.807, 2.05) is 25.9 Å². The monoisotopic (exact) mass is 183 g/mol. The Labute approximate surface area is 78.3 Å². The van der Waals surface area contributed by atoms with Crippen LogP contribution in [0.5, 0.6) is 0 Å². The van der Waals surface area contributed by atoms with Gasteiger partial charge in [-0.15, -0.1) is 0 Å². The molecule has 0 aromatic carbocycles. The number of aromatic nitrogens is 2. The lowest BCUT2D eigenvalue weighted by molar-refractivity contribution is 0.394. The summed E-state index contributed by atoms with van der Waals surface area (Å²) in [6.07, 6.45) is 0. The molecule has 74 valence electrons. The maximum absolute atomic E-state index is 5.79. The molecule has 0 spiro atoms. The molecule has 0 unspecified atom stereocenters. The Morgan fingerprint density at radius 1 is 1.38 bits per heavy atom. The zero-order valence-electron chi connectivity index (χ0n) is 8.41. The largest absolute Gasteiger partial charge is 0.394 e. The van der Waals surface area contributed by atoms with Gasteiger partial charge in [0.25, 0.3) is 0 Å².